The number of ether oxygens (including phenoxy) is 1. The fraction of sp³-hybridized carbons (Fsp3) is 0.250. The SMILES string of the molecule is COc1ccc(/C=C(\C)C(=O)O)cc1C. The molecule has 0 aliphatic carbocycles. The summed E-state index contributed by atoms with van der Waals surface area (Å²) in [6.45, 7) is 3.49. The maximum Gasteiger partial charge on any atom is 0.331 e. The summed E-state index contributed by atoms with van der Waals surface area (Å²) < 4.78 is 5.12. The largest absolute Gasteiger partial charge is 0.496 e. The summed E-state index contributed by atoms with van der Waals surface area (Å²) in [6, 6.07) is 5.56. The minimum absolute atomic E-state index is 0.319. The lowest BCUT2D eigenvalue weighted by Crippen LogP contribution is -1.95. The zero-order chi connectivity index (χ0) is 11.4. The summed E-state index contributed by atoms with van der Waals surface area (Å²) in [5, 5.41) is 8.72. The molecule has 0 aliphatic rings. The van der Waals surface area contributed by atoms with E-state index in [1.807, 2.05) is 25.1 Å². The van der Waals surface area contributed by atoms with Crippen molar-refractivity contribution in [2.24, 2.45) is 0 Å². The molecule has 0 aliphatic heterocycles. The van der Waals surface area contributed by atoms with Gasteiger partial charge in [0.1, 0.15) is 5.75 Å². The van der Waals surface area contributed by atoms with Gasteiger partial charge in [0.05, 0.1) is 7.11 Å². The number of hydrogen-bond donors (Lipinski definition) is 1. The number of methoxy groups -OCH3 is 1. The minimum atomic E-state index is -0.900. The number of carboxylic acids is 1. The highest BCUT2D eigenvalue weighted by Gasteiger charge is 2.02. The van der Waals surface area contributed by atoms with Crippen molar-refractivity contribution in [3.8, 4) is 5.75 Å². The number of aliphatic carboxylic acids is 1. The quantitative estimate of drug-likeness (QED) is 0.773. The van der Waals surface area contributed by atoms with E-state index in [-0.39, 0.29) is 0 Å². The van der Waals surface area contributed by atoms with Crippen LogP contribution in [0.4, 0.5) is 0 Å². The molecule has 0 bridgehead atoms. The van der Waals surface area contributed by atoms with Crippen LogP contribution in [0.2, 0.25) is 0 Å². The predicted octanol–water partition coefficient (Wildman–Crippen LogP) is 2.49. The Labute approximate surface area is 89.0 Å². The maximum atomic E-state index is 10.6. The molecule has 3 heteroatoms. The lowest BCUT2D eigenvalue weighted by molar-refractivity contribution is -0.132. The Bertz CT molecular complexity index is 405. The molecule has 0 spiro atoms. The molecule has 0 saturated heterocycles. The van der Waals surface area contributed by atoms with E-state index in [0.29, 0.717) is 5.57 Å². The van der Waals surface area contributed by atoms with Gasteiger partial charge < -0.3 is 9.84 Å². The van der Waals surface area contributed by atoms with Crippen LogP contribution < -0.4 is 4.74 Å². The Morgan fingerprint density at radius 2 is 2.13 bits per heavy atom. The van der Waals surface area contributed by atoms with E-state index in [2.05, 4.69) is 0 Å². The Morgan fingerprint density at radius 1 is 1.47 bits per heavy atom. The van der Waals surface area contributed by atoms with Crippen LogP contribution in [0.1, 0.15) is 18.1 Å². The molecule has 1 aromatic carbocycles. The van der Waals surface area contributed by atoms with Crippen LogP contribution in [0.5, 0.6) is 5.75 Å². The van der Waals surface area contributed by atoms with E-state index in [1.54, 1.807) is 20.1 Å². The average molecular weight is 206 g/mol. The summed E-state index contributed by atoms with van der Waals surface area (Å²) in [6.07, 6.45) is 1.63. The van der Waals surface area contributed by atoms with Crippen LogP contribution in [-0.4, -0.2) is 18.2 Å². The minimum Gasteiger partial charge on any atom is -0.496 e. The van der Waals surface area contributed by atoms with Crippen molar-refractivity contribution in [2.75, 3.05) is 7.11 Å². The van der Waals surface area contributed by atoms with E-state index in [1.165, 1.54) is 0 Å². The molecule has 0 unspecified atom stereocenters. The van der Waals surface area contributed by atoms with E-state index in [9.17, 15) is 4.79 Å². The molecule has 0 heterocycles. The molecule has 15 heavy (non-hydrogen) atoms. The van der Waals surface area contributed by atoms with Crippen LogP contribution in [-0.2, 0) is 4.79 Å². The van der Waals surface area contributed by atoms with Crippen molar-refractivity contribution in [3.05, 3.63) is 34.9 Å². The highest BCUT2D eigenvalue weighted by molar-refractivity contribution is 5.91. The number of carbonyl (C=O) groups is 1. The first-order chi connectivity index (χ1) is 7.04. The third-order valence-electron chi connectivity index (χ3n) is 2.14. The monoisotopic (exact) mass is 206 g/mol. The summed E-state index contributed by atoms with van der Waals surface area (Å²) >= 11 is 0. The van der Waals surface area contributed by atoms with Gasteiger partial charge in [-0.1, -0.05) is 6.07 Å². The van der Waals surface area contributed by atoms with E-state index < -0.39 is 5.97 Å². The predicted molar refractivity (Wildman–Crippen MR) is 59.0 cm³/mol. The van der Waals surface area contributed by atoms with Crippen molar-refractivity contribution in [2.45, 2.75) is 13.8 Å². The van der Waals surface area contributed by atoms with Crippen LogP contribution in [0.3, 0.4) is 0 Å². The highest BCUT2D eigenvalue weighted by atomic mass is 16.5. The first kappa shape index (κ1) is 11.3. The second-order valence-electron chi connectivity index (χ2n) is 3.36. The topological polar surface area (TPSA) is 46.5 Å². The van der Waals surface area contributed by atoms with Crippen molar-refractivity contribution >= 4 is 12.0 Å². The van der Waals surface area contributed by atoms with Gasteiger partial charge in [0.2, 0.25) is 0 Å². The van der Waals surface area contributed by atoms with E-state index >= 15 is 0 Å². The molecule has 3 nitrogen and oxygen atoms in total. The summed E-state index contributed by atoms with van der Waals surface area (Å²) in [5.41, 5.74) is 2.18. The van der Waals surface area contributed by atoms with Crippen molar-refractivity contribution in [1.82, 2.24) is 0 Å². The average Bonchev–Trinajstić information content (AvgIpc) is 2.18. The summed E-state index contributed by atoms with van der Waals surface area (Å²) in [5.74, 6) is -0.0939. The molecular weight excluding hydrogens is 192 g/mol. The summed E-state index contributed by atoms with van der Waals surface area (Å²) in [7, 11) is 1.61. The van der Waals surface area contributed by atoms with Crippen molar-refractivity contribution in [3.63, 3.8) is 0 Å². The number of rotatable bonds is 3. The zero-order valence-electron chi connectivity index (χ0n) is 9.07. The molecule has 1 N–H and O–H groups in total. The van der Waals surface area contributed by atoms with Gasteiger partial charge in [0.15, 0.2) is 0 Å². The molecule has 0 radical (unpaired) electrons. The standard InChI is InChI=1S/C12H14O3/c1-8-6-10(4-5-11(8)15-3)7-9(2)12(13)14/h4-7H,1-3H3,(H,13,14)/b9-7+. The van der Waals surface area contributed by atoms with Crippen LogP contribution >= 0.6 is 0 Å². The van der Waals surface area contributed by atoms with Crippen LogP contribution in [0.15, 0.2) is 23.8 Å². The van der Waals surface area contributed by atoms with Crippen LogP contribution in [0.25, 0.3) is 6.08 Å². The fourth-order valence-electron chi connectivity index (χ4n) is 1.30. The van der Waals surface area contributed by atoms with Gasteiger partial charge in [-0.3, -0.25) is 0 Å². The summed E-state index contributed by atoms with van der Waals surface area (Å²) in [4.78, 5) is 10.6. The van der Waals surface area contributed by atoms with Gasteiger partial charge in [-0.25, -0.2) is 4.79 Å². The lowest BCUT2D eigenvalue weighted by atomic mass is 10.1. The highest BCUT2D eigenvalue weighted by Crippen LogP contribution is 2.19. The Morgan fingerprint density at radius 3 is 2.60 bits per heavy atom. The lowest BCUT2D eigenvalue weighted by Gasteiger charge is -2.05. The fourth-order valence-corrected chi connectivity index (χ4v) is 1.30. The maximum absolute atomic E-state index is 10.6. The number of aryl methyl sites for hydroxylation is 1. The Kier molecular flexibility index (Phi) is 3.50. The first-order valence-electron chi connectivity index (χ1n) is 4.61. The number of benzene rings is 1. The smallest absolute Gasteiger partial charge is 0.331 e. The Balaban J connectivity index is 3.03. The number of hydrogen-bond acceptors (Lipinski definition) is 2. The van der Waals surface area contributed by atoms with Gasteiger partial charge in [0, 0.05) is 5.57 Å². The third-order valence-corrected chi connectivity index (χ3v) is 2.14. The van der Waals surface area contributed by atoms with Gasteiger partial charge >= 0.3 is 5.97 Å². The molecule has 0 amide bonds. The molecule has 0 fully saturated rings. The molecule has 1 aromatic rings. The van der Waals surface area contributed by atoms with Gasteiger partial charge in [0.25, 0.3) is 0 Å². The number of carboxylic acid groups (broad SMARTS) is 1. The van der Waals surface area contributed by atoms with Crippen molar-refractivity contribution < 1.29 is 14.6 Å². The Hall–Kier alpha value is -1.77. The zero-order valence-corrected chi connectivity index (χ0v) is 9.07. The molecule has 80 valence electrons. The molecule has 0 aromatic heterocycles. The molecular formula is C12H14O3. The van der Waals surface area contributed by atoms with Gasteiger partial charge in [-0.05, 0) is 43.2 Å². The second kappa shape index (κ2) is 4.64. The molecule has 1 rings (SSSR count). The van der Waals surface area contributed by atoms with Crippen LogP contribution in [0, 0.1) is 6.92 Å². The first-order valence-corrected chi connectivity index (χ1v) is 4.61. The normalized spacial score (nSPS) is 11.3. The second-order valence-corrected chi connectivity index (χ2v) is 3.36. The van der Waals surface area contributed by atoms with Gasteiger partial charge in [-0.15, -0.1) is 0 Å². The van der Waals surface area contributed by atoms with E-state index in [4.69, 9.17) is 9.84 Å². The van der Waals surface area contributed by atoms with E-state index in [0.717, 1.165) is 16.9 Å². The third kappa shape index (κ3) is 2.84. The van der Waals surface area contributed by atoms with Gasteiger partial charge in [-0.2, -0.15) is 0 Å². The molecule has 0 atom stereocenters. The van der Waals surface area contributed by atoms with Crippen molar-refractivity contribution in [1.29, 1.82) is 0 Å². The molecule has 0 saturated carbocycles.